The van der Waals surface area contributed by atoms with Crippen molar-refractivity contribution in [3.63, 3.8) is 0 Å². The molecule has 0 aliphatic rings. The van der Waals surface area contributed by atoms with Gasteiger partial charge in [0.05, 0.1) is 7.11 Å². The third kappa shape index (κ3) is 3.68. The number of aromatic nitrogens is 1. The van der Waals surface area contributed by atoms with E-state index >= 15 is 0 Å². The number of hydrogen-bond donors (Lipinski definition) is 1. The molecular formula is C14H18N2O2S. The third-order valence-corrected chi connectivity index (χ3v) is 3.57. The van der Waals surface area contributed by atoms with Gasteiger partial charge in [0.2, 0.25) is 0 Å². The van der Waals surface area contributed by atoms with Crippen molar-refractivity contribution in [1.29, 1.82) is 0 Å². The Bertz CT molecular complexity index is 540. The van der Waals surface area contributed by atoms with Crippen LogP contribution in [-0.2, 0) is 13.2 Å². The summed E-state index contributed by atoms with van der Waals surface area (Å²) in [7, 11) is 3.57. The fourth-order valence-electron chi connectivity index (χ4n) is 1.76. The minimum Gasteiger partial charge on any atom is -0.493 e. The lowest BCUT2D eigenvalue weighted by atomic mass is 10.2. The Labute approximate surface area is 117 Å². The van der Waals surface area contributed by atoms with Gasteiger partial charge >= 0.3 is 0 Å². The second-order valence-corrected chi connectivity index (χ2v) is 5.13. The normalized spacial score (nSPS) is 10.5. The highest BCUT2D eigenvalue weighted by Gasteiger charge is 2.07. The second-order valence-electron chi connectivity index (χ2n) is 4.19. The first kappa shape index (κ1) is 13.8. The van der Waals surface area contributed by atoms with Gasteiger partial charge in [-0.15, -0.1) is 11.3 Å². The number of thiazole rings is 1. The molecule has 0 aliphatic heterocycles. The predicted octanol–water partition coefficient (Wildman–Crippen LogP) is 2.76. The molecule has 1 N–H and O–H groups in total. The summed E-state index contributed by atoms with van der Waals surface area (Å²) in [6.07, 6.45) is 0. The monoisotopic (exact) mass is 278 g/mol. The van der Waals surface area contributed by atoms with E-state index in [0.717, 1.165) is 34.3 Å². The first-order chi connectivity index (χ1) is 9.22. The second kappa shape index (κ2) is 6.54. The maximum Gasteiger partial charge on any atom is 0.162 e. The molecule has 0 fully saturated rings. The summed E-state index contributed by atoms with van der Waals surface area (Å²) in [4.78, 5) is 4.38. The van der Waals surface area contributed by atoms with Crippen molar-refractivity contribution in [2.75, 3.05) is 14.2 Å². The minimum absolute atomic E-state index is 0.470. The summed E-state index contributed by atoms with van der Waals surface area (Å²) >= 11 is 1.61. The van der Waals surface area contributed by atoms with Crippen LogP contribution in [-0.4, -0.2) is 19.1 Å². The molecule has 0 unspecified atom stereocenters. The molecule has 0 saturated heterocycles. The molecule has 2 rings (SSSR count). The fraction of sp³-hybridized carbons (Fsp3) is 0.357. The van der Waals surface area contributed by atoms with Crippen molar-refractivity contribution < 1.29 is 9.47 Å². The first-order valence-electron chi connectivity index (χ1n) is 6.08. The first-order valence-corrected chi connectivity index (χ1v) is 6.96. The summed E-state index contributed by atoms with van der Waals surface area (Å²) in [5, 5.41) is 6.11. The number of methoxy groups -OCH3 is 1. The number of ether oxygens (including phenoxy) is 2. The van der Waals surface area contributed by atoms with Crippen LogP contribution in [0.2, 0.25) is 0 Å². The smallest absolute Gasteiger partial charge is 0.162 e. The topological polar surface area (TPSA) is 43.4 Å². The van der Waals surface area contributed by atoms with Crippen LogP contribution < -0.4 is 14.8 Å². The molecule has 4 nitrogen and oxygen atoms in total. The van der Waals surface area contributed by atoms with Gasteiger partial charge in [-0.3, -0.25) is 0 Å². The Morgan fingerprint density at radius 3 is 2.79 bits per heavy atom. The van der Waals surface area contributed by atoms with E-state index in [1.54, 1.807) is 18.4 Å². The molecular weight excluding hydrogens is 260 g/mol. The Kier molecular flexibility index (Phi) is 4.76. The zero-order valence-electron chi connectivity index (χ0n) is 11.4. The summed E-state index contributed by atoms with van der Waals surface area (Å²) in [5.41, 5.74) is 2.19. The van der Waals surface area contributed by atoms with E-state index in [0.29, 0.717) is 6.61 Å². The number of nitrogens with one attached hydrogen (secondary N) is 1. The van der Waals surface area contributed by atoms with Crippen LogP contribution in [0.25, 0.3) is 0 Å². The quantitative estimate of drug-likeness (QED) is 0.882. The largest absolute Gasteiger partial charge is 0.493 e. The Morgan fingerprint density at radius 1 is 1.32 bits per heavy atom. The van der Waals surface area contributed by atoms with E-state index in [1.807, 2.05) is 37.6 Å². The van der Waals surface area contributed by atoms with Crippen molar-refractivity contribution in [1.82, 2.24) is 10.3 Å². The van der Waals surface area contributed by atoms with Crippen LogP contribution in [0.4, 0.5) is 0 Å². The summed E-state index contributed by atoms with van der Waals surface area (Å²) in [6.45, 7) is 3.25. The van der Waals surface area contributed by atoms with Crippen LogP contribution >= 0.6 is 11.3 Å². The summed E-state index contributed by atoms with van der Waals surface area (Å²) in [6, 6.07) is 5.95. The molecule has 1 aromatic heterocycles. The molecule has 0 amide bonds. The van der Waals surface area contributed by atoms with Gasteiger partial charge in [-0.25, -0.2) is 4.98 Å². The van der Waals surface area contributed by atoms with Crippen LogP contribution in [0.3, 0.4) is 0 Å². The molecule has 19 heavy (non-hydrogen) atoms. The van der Waals surface area contributed by atoms with E-state index in [9.17, 15) is 0 Å². The zero-order valence-corrected chi connectivity index (χ0v) is 12.2. The highest BCUT2D eigenvalue weighted by atomic mass is 32.1. The molecule has 5 heteroatoms. The number of aryl methyl sites for hydroxylation is 1. The lowest BCUT2D eigenvalue weighted by molar-refractivity contribution is 0.283. The standard InChI is InChI=1S/C14H18N2O2S/c1-10-9-19-14(16-10)8-18-13-6-11(7-15-2)4-5-12(13)17-3/h4-6,9,15H,7-8H2,1-3H3. The molecule has 1 aromatic carbocycles. The maximum atomic E-state index is 5.81. The van der Waals surface area contributed by atoms with E-state index in [2.05, 4.69) is 10.3 Å². The Balaban J connectivity index is 2.10. The van der Waals surface area contributed by atoms with Crippen LogP contribution in [0, 0.1) is 6.92 Å². The van der Waals surface area contributed by atoms with Gasteiger partial charge in [0, 0.05) is 17.6 Å². The number of hydrogen-bond acceptors (Lipinski definition) is 5. The van der Waals surface area contributed by atoms with Gasteiger partial charge in [-0.05, 0) is 31.7 Å². The SMILES string of the molecule is CNCc1ccc(OC)c(OCc2nc(C)cs2)c1. The Morgan fingerprint density at radius 2 is 2.16 bits per heavy atom. The average Bonchev–Trinajstić information content (AvgIpc) is 2.83. The van der Waals surface area contributed by atoms with Gasteiger partial charge in [0.25, 0.3) is 0 Å². The minimum atomic E-state index is 0.470. The third-order valence-electron chi connectivity index (χ3n) is 2.63. The highest BCUT2D eigenvalue weighted by molar-refractivity contribution is 7.09. The van der Waals surface area contributed by atoms with E-state index in [4.69, 9.17) is 9.47 Å². The van der Waals surface area contributed by atoms with Crippen LogP contribution in [0.5, 0.6) is 11.5 Å². The Hall–Kier alpha value is -1.59. The lowest BCUT2D eigenvalue weighted by Gasteiger charge is -2.11. The molecule has 0 atom stereocenters. The van der Waals surface area contributed by atoms with Gasteiger partial charge in [0.1, 0.15) is 11.6 Å². The van der Waals surface area contributed by atoms with Gasteiger partial charge in [-0.1, -0.05) is 6.07 Å². The van der Waals surface area contributed by atoms with E-state index < -0.39 is 0 Å². The van der Waals surface area contributed by atoms with Crippen molar-refractivity contribution in [2.45, 2.75) is 20.1 Å². The predicted molar refractivity (Wildman–Crippen MR) is 76.9 cm³/mol. The molecule has 0 aliphatic carbocycles. The number of rotatable bonds is 6. The van der Waals surface area contributed by atoms with Crippen molar-refractivity contribution in [3.05, 3.63) is 39.8 Å². The fourth-order valence-corrected chi connectivity index (χ4v) is 2.44. The highest BCUT2D eigenvalue weighted by Crippen LogP contribution is 2.29. The van der Waals surface area contributed by atoms with Crippen molar-refractivity contribution in [3.8, 4) is 11.5 Å². The molecule has 2 aromatic rings. The van der Waals surface area contributed by atoms with Gasteiger partial charge in [-0.2, -0.15) is 0 Å². The summed E-state index contributed by atoms with van der Waals surface area (Å²) in [5.74, 6) is 1.50. The van der Waals surface area contributed by atoms with Gasteiger partial charge < -0.3 is 14.8 Å². The number of nitrogens with zero attached hydrogens (tertiary/aromatic N) is 1. The van der Waals surface area contributed by atoms with E-state index in [-0.39, 0.29) is 0 Å². The molecule has 1 heterocycles. The van der Waals surface area contributed by atoms with E-state index in [1.165, 1.54) is 0 Å². The molecule has 0 spiro atoms. The molecule has 0 radical (unpaired) electrons. The average molecular weight is 278 g/mol. The van der Waals surface area contributed by atoms with Crippen LogP contribution in [0.15, 0.2) is 23.6 Å². The lowest BCUT2D eigenvalue weighted by Crippen LogP contribution is -2.05. The molecule has 102 valence electrons. The molecule has 0 bridgehead atoms. The zero-order chi connectivity index (χ0) is 13.7. The molecule has 0 saturated carbocycles. The van der Waals surface area contributed by atoms with Gasteiger partial charge in [0.15, 0.2) is 11.5 Å². The van der Waals surface area contributed by atoms with Crippen molar-refractivity contribution >= 4 is 11.3 Å². The maximum absolute atomic E-state index is 5.81. The summed E-state index contributed by atoms with van der Waals surface area (Å²) < 4.78 is 11.1. The van der Waals surface area contributed by atoms with Crippen molar-refractivity contribution in [2.24, 2.45) is 0 Å². The van der Waals surface area contributed by atoms with Crippen LogP contribution in [0.1, 0.15) is 16.3 Å². The number of benzene rings is 1.